The molecule has 0 spiro atoms. The Bertz CT molecular complexity index is 605. The van der Waals surface area contributed by atoms with Gasteiger partial charge in [-0.05, 0) is 43.4 Å². The Morgan fingerprint density at radius 2 is 2.37 bits per heavy atom. The number of hydrogen-bond acceptors (Lipinski definition) is 4. The number of pyridine rings is 1. The van der Waals surface area contributed by atoms with Crippen LogP contribution in [0.2, 0.25) is 0 Å². The molecule has 1 fully saturated rings. The van der Waals surface area contributed by atoms with Crippen molar-refractivity contribution in [3.8, 4) is 11.4 Å². The van der Waals surface area contributed by atoms with Gasteiger partial charge >= 0.3 is 0 Å². The zero-order valence-corrected chi connectivity index (χ0v) is 12.4. The van der Waals surface area contributed by atoms with Crippen molar-refractivity contribution < 1.29 is 0 Å². The van der Waals surface area contributed by atoms with E-state index in [0.29, 0.717) is 16.1 Å². The number of rotatable bonds is 3. The van der Waals surface area contributed by atoms with Crippen LogP contribution in [0.15, 0.2) is 24.5 Å². The molecule has 1 aliphatic carbocycles. The molecule has 0 bridgehead atoms. The van der Waals surface area contributed by atoms with Crippen molar-refractivity contribution in [3.63, 3.8) is 0 Å². The Morgan fingerprint density at radius 3 is 3.11 bits per heavy atom. The molecule has 1 aliphatic rings. The van der Waals surface area contributed by atoms with Crippen LogP contribution in [0.3, 0.4) is 0 Å². The predicted octanol–water partition coefficient (Wildman–Crippen LogP) is 3.46. The summed E-state index contributed by atoms with van der Waals surface area (Å²) in [4.78, 5) is 4.17. The zero-order chi connectivity index (χ0) is 13.2. The second kappa shape index (κ2) is 5.46. The monoisotopic (exact) mass is 292 g/mol. The fourth-order valence-corrected chi connectivity index (χ4v) is 4.03. The molecule has 1 N–H and O–H groups in total. The molecule has 19 heavy (non-hydrogen) atoms. The first-order chi connectivity index (χ1) is 9.31. The van der Waals surface area contributed by atoms with Crippen molar-refractivity contribution >= 4 is 24.0 Å². The Labute approximate surface area is 121 Å². The van der Waals surface area contributed by atoms with E-state index in [0.717, 1.165) is 11.4 Å². The third-order valence-electron chi connectivity index (χ3n) is 3.68. The lowest BCUT2D eigenvalue weighted by molar-refractivity contribution is 0.526. The minimum absolute atomic E-state index is 0.441. The maximum atomic E-state index is 5.43. The van der Waals surface area contributed by atoms with E-state index >= 15 is 0 Å². The van der Waals surface area contributed by atoms with Gasteiger partial charge in [-0.1, -0.05) is 6.42 Å². The van der Waals surface area contributed by atoms with E-state index in [1.54, 1.807) is 6.20 Å². The number of H-pyrrole nitrogens is 1. The molecule has 0 amide bonds. The lowest BCUT2D eigenvalue weighted by Gasteiger charge is -2.20. The van der Waals surface area contributed by atoms with Gasteiger partial charge in [0, 0.05) is 29.2 Å². The van der Waals surface area contributed by atoms with Crippen LogP contribution in [0.4, 0.5) is 0 Å². The van der Waals surface area contributed by atoms with E-state index in [2.05, 4.69) is 26.0 Å². The fraction of sp³-hybridized carbons (Fsp3) is 0.462. The van der Waals surface area contributed by atoms with Gasteiger partial charge < -0.3 is 0 Å². The molecule has 0 aliphatic heterocycles. The minimum atomic E-state index is 0.441. The fourth-order valence-electron chi connectivity index (χ4n) is 2.79. The van der Waals surface area contributed by atoms with Crippen molar-refractivity contribution in [1.82, 2.24) is 19.7 Å². The molecule has 2 aromatic rings. The normalized spacial score (nSPS) is 22.8. The Kier molecular flexibility index (Phi) is 3.70. The lowest BCUT2D eigenvalue weighted by atomic mass is 10.2. The summed E-state index contributed by atoms with van der Waals surface area (Å²) < 4.78 is 2.89. The van der Waals surface area contributed by atoms with E-state index in [1.807, 2.05) is 30.1 Å². The summed E-state index contributed by atoms with van der Waals surface area (Å²) in [5.41, 5.74) is 1.02. The van der Waals surface area contributed by atoms with Crippen molar-refractivity contribution in [3.05, 3.63) is 29.3 Å². The summed E-state index contributed by atoms with van der Waals surface area (Å²) in [5, 5.41) is 7.96. The van der Waals surface area contributed by atoms with Crippen LogP contribution in [0.1, 0.15) is 25.3 Å². The highest BCUT2D eigenvalue weighted by Crippen LogP contribution is 2.39. The lowest BCUT2D eigenvalue weighted by Crippen LogP contribution is -2.17. The van der Waals surface area contributed by atoms with Crippen molar-refractivity contribution in [2.45, 2.75) is 30.6 Å². The summed E-state index contributed by atoms with van der Waals surface area (Å²) in [6.07, 6.45) is 9.48. The number of thioether (sulfide) groups is 1. The first kappa shape index (κ1) is 12.9. The summed E-state index contributed by atoms with van der Waals surface area (Å²) in [6.45, 7) is 0. The van der Waals surface area contributed by atoms with E-state index in [9.17, 15) is 0 Å². The van der Waals surface area contributed by atoms with Gasteiger partial charge in [-0.15, -0.1) is 0 Å². The van der Waals surface area contributed by atoms with Gasteiger partial charge in [-0.2, -0.15) is 16.9 Å². The Morgan fingerprint density at radius 1 is 1.47 bits per heavy atom. The Hall–Kier alpha value is -1.14. The topological polar surface area (TPSA) is 46.5 Å². The van der Waals surface area contributed by atoms with E-state index in [4.69, 9.17) is 12.2 Å². The first-order valence-corrected chi connectivity index (χ1v) is 8.11. The van der Waals surface area contributed by atoms with Gasteiger partial charge in [0.1, 0.15) is 0 Å². The molecule has 1 saturated carbocycles. The summed E-state index contributed by atoms with van der Waals surface area (Å²) in [6, 6.07) is 4.40. The highest BCUT2D eigenvalue weighted by Gasteiger charge is 2.30. The second-order valence-electron chi connectivity index (χ2n) is 4.74. The third-order valence-corrected chi connectivity index (χ3v) is 5.12. The molecule has 2 unspecified atom stereocenters. The number of nitrogens with one attached hydrogen (secondary N) is 1. The molecule has 2 heterocycles. The van der Waals surface area contributed by atoms with E-state index in [1.165, 1.54) is 19.3 Å². The quantitative estimate of drug-likeness (QED) is 0.880. The van der Waals surface area contributed by atoms with Crippen LogP contribution in [-0.2, 0) is 0 Å². The SMILES string of the molecule is CSC1CCCC1n1c(-c2cccnc2)n[nH]c1=S. The molecule has 0 saturated heterocycles. The van der Waals surface area contributed by atoms with Gasteiger partial charge in [0.25, 0.3) is 0 Å². The van der Waals surface area contributed by atoms with Crippen molar-refractivity contribution in [2.24, 2.45) is 0 Å². The van der Waals surface area contributed by atoms with Gasteiger partial charge in [0.05, 0.1) is 0 Å². The van der Waals surface area contributed by atoms with Gasteiger partial charge in [0.2, 0.25) is 0 Å². The van der Waals surface area contributed by atoms with Crippen LogP contribution in [0.25, 0.3) is 11.4 Å². The van der Waals surface area contributed by atoms with E-state index in [-0.39, 0.29) is 0 Å². The molecule has 3 rings (SSSR count). The smallest absolute Gasteiger partial charge is 0.195 e. The summed E-state index contributed by atoms with van der Waals surface area (Å²) >= 11 is 7.35. The molecule has 6 heteroatoms. The molecule has 4 nitrogen and oxygen atoms in total. The highest BCUT2D eigenvalue weighted by molar-refractivity contribution is 7.99. The van der Waals surface area contributed by atoms with Gasteiger partial charge in [-0.25, -0.2) is 0 Å². The maximum absolute atomic E-state index is 5.43. The van der Waals surface area contributed by atoms with Gasteiger partial charge in [-0.3, -0.25) is 14.6 Å². The minimum Gasteiger partial charge on any atom is -0.296 e. The average Bonchev–Trinajstić information content (AvgIpc) is 3.05. The number of aromatic amines is 1. The van der Waals surface area contributed by atoms with Crippen LogP contribution >= 0.6 is 24.0 Å². The average molecular weight is 292 g/mol. The number of hydrogen-bond donors (Lipinski definition) is 1. The number of nitrogens with zero attached hydrogens (tertiary/aromatic N) is 3. The van der Waals surface area contributed by atoms with Crippen LogP contribution in [0.5, 0.6) is 0 Å². The molecule has 0 aromatic carbocycles. The molecular formula is C13H16N4S2. The maximum Gasteiger partial charge on any atom is 0.195 e. The predicted molar refractivity (Wildman–Crippen MR) is 80.8 cm³/mol. The molecule has 100 valence electrons. The van der Waals surface area contributed by atoms with E-state index < -0.39 is 0 Å². The third kappa shape index (κ3) is 2.34. The largest absolute Gasteiger partial charge is 0.296 e. The summed E-state index contributed by atoms with van der Waals surface area (Å²) in [7, 11) is 0. The molecule has 2 aromatic heterocycles. The summed E-state index contributed by atoms with van der Waals surface area (Å²) in [5.74, 6) is 0.907. The highest BCUT2D eigenvalue weighted by atomic mass is 32.2. The number of aromatic nitrogens is 4. The van der Waals surface area contributed by atoms with Gasteiger partial charge in [0.15, 0.2) is 10.6 Å². The zero-order valence-electron chi connectivity index (χ0n) is 10.7. The van der Waals surface area contributed by atoms with Crippen molar-refractivity contribution in [2.75, 3.05) is 6.26 Å². The first-order valence-electron chi connectivity index (χ1n) is 6.41. The Balaban J connectivity index is 2.07. The van der Waals surface area contributed by atoms with Crippen LogP contribution in [-0.4, -0.2) is 31.3 Å². The molecule has 0 radical (unpaired) electrons. The molecule has 2 atom stereocenters. The van der Waals surface area contributed by atoms with Crippen LogP contribution < -0.4 is 0 Å². The van der Waals surface area contributed by atoms with Crippen molar-refractivity contribution in [1.29, 1.82) is 0 Å². The standard InChI is InChI=1S/C13H16N4S2/c1-19-11-6-2-5-10(11)17-12(15-16-13(17)18)9-4-3-7-14-8-9/h3-4,7-8,10-11H,2,5-6H2,1H3,(H,16,18). The van der Waals surface area contributed by atoms with Crippen LogP contribution in [0, 0.1) is 4.77 Å². The molecular weight excluding hydrogens is 276 g/mol. The second-order valence-corrected chi connectivity index (χ2v) is 6.20.